The first-order valence-corrected chi connectivity index (χ1v) is 5.75. The van der Waals surface area contributed by atoms with Crippen LogP contribution in [-0.2, 0) is 4.74 Å². The van der Waals surface area contributed by atoms with Crippen LogP contribution in [0.4, 0.5) is 5.82 Å². The first-order chi connectivity index (χ1) is 8.20. The van der Waals surface area contributed by atoms with Crippen molar-refractivity contribution >= 4 is 5.82 Å². The van der Waals surface area contributed by atoms with Crippen molar-refractivity contribution in [3.8, 4) is 6.07 Å². The van der Waals surface area contributed by atoms with E-state index in [4.69, 9.17) is 10.00 Å². The molecule has 0 amide bonds. The highest BCUT2D eigenvalue weighted by Gasteiger charge is 2.20. The maximum Gasteiger partial charge on any atom is 0.146 e. The second kappa shape index (κ2) is 5.11. The second-order valence-electron chi connectivity index (χ2n) is 4.36. The minimum Gasteiger partial charge on any atom is -0.381 e. The molecule has 0 atom stereocenters. The lowest BCUT2D eigenvalue weighted by molar-refractivity contribution is 0.0836. The average molecular weight is 232 g/mol. The molecule has 90 valence electrons. The van der Waals surface area contributed by atoms with E-state index in [0.29, 0.717) is 11.6 Å². The fourth-order valence-corrected chi connectivity index (χ4v) is 1.88. The highest BCUT2D eigenvalue weighted by Crippen LogP contribution is 2.25. The number of ether oxygens (including phenoxy) is 1. The largest absolute Gasteiger partial charge is 0.381 e. The summed E-state index contributed by atoms with van der Waals surface area (Å²) in [6.45, 7) is 1.50. The molecule has 0 unspecified atom stereocenters. The number of aromatic nitrogens is 2. The standard InChI is InChI=1S/C12H16N4O/c1-16(2)11-7-10(8-13)14-12(15-11)9-3-5-17-6-4-9/h7,9H,3-6H2,1-2H3. The first kappa shape index (κ1) is 11.8. The summed E-state index contributed by atoms with van der Waals surface area (Å²) in [5, 5.41) is 8.98. The van der Waals surface area contributed by atoms with Crippen molar-refractivity contribution in [2.75, 3.05) is 32.2 Å². The summed E-state index contributed by atoms with van der Waals surface area (Å²) in [4.78, 5) is 10.7. The zero-order valence-electron chi connectivity index (χ0n) is 10.2. The number of nitrogens with zero attached hydrogens (tertiary/aromatic N) is 4. The molecule has 1 aliphatic rings. The monoisotopic (exact) mass is 232 g/mol. The Bertz CT molecular complexity index is 433. The summed E-state index contributed by atoms with van der Waals surface area (Å²) in [6.07, 6.45) is 1.86. The smallest absolute Gasteiger partial charge is 0.146 e. The van der Waals surface area contributed by atoms with Gasteiger partial charge in [-0.2, -0.15) is 5.26 Å². The third-order valence-electron chi connectivity index (χ3n) is 2.89. The van der Waals surface area contributed by atoms with E-state index in [0.717, 1.165) is 37.7 Å². The Morgan fingerprint density at radius 3 is 2.65 bits per heavy atom. The van der Waals surface area contributed by atoms with Crippen molar-refractivity contribution < 1.29 is 4.74 Å². The van der Waals surface area contributed by atoms with Crippen LogP contribution in [0, 0.1) is 11.3 Å². The van der Waals surface area contributed by atoms with Gasteiger partial charge in [0.1, 0.15) is 23.4 Å². The summed E-state index contributed by atoms with van der Waals surface area (Å²) in [5.74, 6) is 1.88. The quantitative estimate of drug-likeness (QED) is 0.769. The molecular formula is C12H16N4O. The molecule has 0 aliphatic carbocycles. The van der Waals surface area contributed by atoms with E-state index in [-0.39, 0.29) is 0 Å². The minimum absolute atomic E-state index is 0.316. The number of hydrogen-bond donors (Lipinski definition) is 0. The third kappa shape index (κ3) is 2.71. The molecule has 1 fully saturated rings. The topological polar surface area (TPSA) is 62.0 Å². The summed E-state index contributed by atoms with van der Waals surface area (Å²) in [5.41, 5.74) is 0.435. The van der Waals surface area contributed by atoms with Crippen LogP contribution in [-0.4, -0.2) is 37.3 Å². The van der Waals surface area contributed by atoms with Gasteiger partial charge < -0.3 is 9.64 Å². The highest BCUT2D eigenvalue weighted by molar-refractivity contribution is 5.41. The lowest BCUT2D eigenvalue weighted by atomic mass is 9.99. The van der Waals surface area contributed by atoms with Crippen molar-refractivity contribution in [3.63, 3.8) is 0 Å². The van der Waals surface area contributed by atoms with Crippen molar-refractivity contribution in [2.45, 2.75) is 18.8 Å². The first-order valence-electron chi connectivity index (χ1n) is 5.75. The van der Waals surface area contributed by atoms with Crippen LogP contribution in [0.1, 0.15) is 30.3 Å². The predicted octanol–water partition coefficient (Wildman–Crippen LogP) is 1.31. The Kier molecular flexibility index (Phi) is 3.55. The van der Waals surface area contributed by atoms with Crippen LogP contribution in [0.25, 0.3) is 0 Å². The fraction of sp³-hybridized carbons (Fsp3) is 0.583. The van der Waals surface area contributed by atoms with Crippen molar-refractivity contribution in [3.05, 3.63) is 17.6 Å². The zero-order chi connectivity index (χ0) is 12.3. The maximum atomic E-state index is 8.98. The third-order valence-corrected chi connectivity index (χ3v) is 2.89. The van der Waals surface area contributed by atoms with Gasteiger partial charge in [0, 0.05) is 39.3 Å². The van der Waals surface area contributed by atoms with Gasteiger partial charge in [0.15, 0.2) is 0 Å². The van der Waals surface area contributed by atoms with Crippen LogP contribution in [0.2, 0.25) is 0 Å². The number of hydrogen-bond acceptors (Lipinski definition) is 5. The normalized spacial score (nSPS) is 16.5. The molecule has 1 aromatic rings. The van der Waals surface area contributed by atoms with Crippen molar-refractivity contribution in [1.82, 2.24) is 9.97 Å². The van der Waals surface area contributed by atoms with Gasteiger partial charge in [0.25, 0.3) is 0 Å². The molecule has 1 aliphatic heterocycles. The summed E-state index contributed by atoms with van der Waals surface area (Å²) >= 11 is 0. The lowest BCUT2D eigenvalue weighted by Crippen LogP contribution is -2.19. The molecule has 5 nitrogen and oxygen atoms in total. The van der Waals surface area contributed by atoms with Crippen molar-refractivity contribution in [2.24, 2.45) is 0 Å². The van der Waals surface area contributed by atoms with Gasteiger partial charge in [-0.25, -0.2) is 9.97 Å². The SMILES string of the molecule is CN(C)c1cc(C#N)nc(C2CCOCC2)n1. The van der Waals surface area contributed by atoms with Crippen LogP contribution in [0.15, 0.2) is 6.07 Å². The molecule has 17 heavy (non-hydrogen) atoms. The number of nitriles is 1. The molecule has 0 radical (unpaired) electrons. The summed E-state index contributed by atoms with van der Waals surface area (Å²) in [6, 6.07) is 3.80. The van der Waals surface area contributed by atoms with Crippen LogP contribution in [0.3, 0.4) is 0 Å². The van der Waals surface area contributed by atoms with Crippen LogP contribution >= 0.6 is 0 Å². The van der Waals surface area contributed by atoms with Gasteiger partial charge in [-0.3, -0.25) is 0 Å². The Balaban J connectivity index is 2.32. The average Bonchev–Trinajstić information content (AvgIpc) is 2.39. The van der Waals surface area contributed by atoms with Crippen LogP contribution in [0.5, 0.6) is 0 Å². The van der Waals surface area contributed by atoms with Gasteiger partial charge in [-0.05, 0) is 12.8 Å². The Labute approximate surface area is 101 Å². The van der Waals surface area contributed by atoms with E-state index >= 15 is 0 Å². The number of anilines is 1. The van der Waals surface area contributed by atoms with E-state index in [2.05, 4.69) is 16.0 Å². The Morgan fingerprint density at radius 1 is 1.35 bits per heavy atom. The van der Waals surface area contributed by atoms with Gasteiger partial charge in [0.2, 0.25) is 0 Å². The van der Waals surface area contributed by atoms with Crippen LogP contribution < -0.4 is 4.90 Å². The van der Waals surface area contributed by atoms with Crippen molar-refractivity contribution in [1.29, 1.82) is 5.26 Å². The summed E-state index contributed by atoms with van der Waals surface area (Å²) in [7, 11) is 3.83. The molecule has 5 heteroatoms. The minimum atomic E-state index is 0.316. The molecule has 2 rings (SSSR count). The number of rotatable bonds is 2. The van der Waals surface area contributed by atoms with Gasteiger partial charge >= 0.3 is 0 Å². The molecule has 1 saturated heterocycles. The molecular weight excluding hydrogens is 216 g/mol. The van der Waals surface area contributed by atoms with E-state index in [1.807, 2.05) is 19.0 Å². The Morgan fingerprint density at radius 2 is 2.06 bits per heavy atom. The molecule has 0 saturated carbocycles. The summed E-state index contributed by atoms with van der Waals surface area (Å²) < 4.78 is 5.32. The van der Waals surface area contributed by atoms with E-state index in [1.165, 1.54) is 0 Å². The Hall–Kier alpha value is -1.67. The molecule has 0 N–H and O–H groups in total. The van der Waals surface area contributed by atoms with E-state index < -0.39 is 0 Å². The predicted molar refractivity (Wildman–Crippen MR) is 63.9 cm³/mol. The van der Waals surface area contributed by atoms with Gasteiger partial charge in [0.05, 0.1) is 0 Å². The molecule has 0 spiro atoms. The van der Waals surface area contributed by atoms with Gasteiger partial charge in [-0.1, -0.05) is 0 Å². The molecule has 2 heterocycles. The second-order valence-corrected chi connectivity index (χ2v) is 4.36. The van der Waals surface area contributed by atoms with E-state index in [9.17, 15) is 0 Å². The highest BCUT2D eigenvalue weighted by atomic mass is 16.5. The molecule has 1 aromatic heterocycles. The maximum absolute atomic E-state index is 8.98. The lowest BCUT2D eigenvalue weighted by Gasteiger charge is -2.22. The van der Waals surface area contributed by atoms with Gasteiger partial charge in [-0.15, -0.1) is 0 Å². The molecule has 0 bridgehead atoms. The molecule has 0 aromatic carbocycles. The zero-order valence-corrected chi connectivity index (χ0v) is 10.2. The fourth-order valence-electron chi connectivity index (χ4n) is 1.88. The van der Waals surface area contributed by atoms with E-state index in [1.54, 1.807) is 6.07 Å².